The van der Waals surface area contributed by atoms with Gasteiger partial charge in [0.25, 0.3) is 5.91 Å². The predicted molar refractivity (Wildman–Crippen MR) is 89.9 cm³/mol. The maximum Gasteiger partial charge on any atom is 0.251 e. The molecule has 0 fully saturated rings. The maximum atomic E-state index is 12.2. The van der Waals surface area contributed by atoms with E-state index in [1.807, 2.05) is 49.3 Å². The molecule has 2 aromatic rings. The molecule has 116 valence electrons. The minimum Gasteiger partial charge on any atom is -0.351 e. The van der Waals surface area contributed by atoms with Crippen LogP contribution in [0.15, 0.2) is 42.6 Å². The normalized spacial score (nSPS) is 10.7. The summed E-state index contributed by atoms with van der Waals surface area (Å²) in [5, 5.41) is 2.94. The Balaban J connectivity index is 2.18. The molecule has 0 aliphatic heterocycles. The van der Waals surface area contributed by atoms with E-state index in [0.717, 1.165) is 29.8 Å². The van der Waals surface area contributed by atoms with Crippen LogP contribution in [0.25, 0.3) is 11.1 Å². The van der Waals surface area contributed by atoms with Gasteiger partial charge in [-0.2, -0.15) is 0 Å². The topological polar surface area (TPSA) is 45.2 Å². The average molecular weight is 297 g/mol. The lowest BCUT2D eigenvalue weighted by Gasteiger charge is -2.11. The molecule has 1 aromatic heterocycles. The highest BCUT2D eigenvalue weighted by molar-refractivity contribution is 5.95. The van der Waals surface area contributed by atoms with Crippen LogP contribution in [0.5, 0.6) is 0 Å². The van der Waals surface area contributed by atoms with E-state index in [0.29, 0.717) is 12.1 Å². The molecule has 1 aromatic carbocycles. The number of nitrogens with zero attached hydrogens (tertiary/aromatic N) is 2. The van der Waals surface area contributed by atoms with Gasteiger partial charge in [-0.3, -0.25) is 9.78 Å². The van der Waals surface area contributed by atoms with E-state index in [1.54, 1.807) is 6.20 Å². The molecule has 0 aliphatic carbocycles. The number of hydrogen-bond acceptors (Lipinski definition) is 3. The van der Waals surface area contributed by atoms with E-state index in [4.69, 9.17) is 0 Å². The minimum absolute atomic E-state index is 0.0364. The first-order valence-corrected chi connectivity index (χ1v) is 7.59. The second-order valence-corrected chi connectivity index (χ2v) is 5.49. The first-order valence-electron chi connectivity index (χ1n) is 7.59. The van der Waals surface area contributed by atoms with Crippen molar-refractivity contribution >= 4 is 5.91 Å². The van der Waals surface area contributed by atoms with Crippen molar-refractivity contribution in [1.82, 2.24) is 15.2 Å². The third-order valence-electron chi connectivity index (χ3n) is 3.51. The monoisotopic (exact) mass is 297 g/mol. The van der Waals surface area contributed by atoms with Gasteiger partial charge in [0, 0.05) is 36.1 Å². The quantitative estimate of drug-likeness (QED) is 0.891. The molecule has 4 heteroatoms. The summed E-state index contributed by atoms with van der Waals surface area (Å²) in [6.45, 7) is 3.56. The number of nitrogens with one attached hydrogen (secondary N) is 1. The molecule has 1 amide bonds. The van der Waals surface area contributed by atoms with Gasteiger partial charge >= 0.3 is 0 Å². The molecule has 1 N–H and O–H groups in total. The SMILES string of the molecule is CCc1ncccc1-c1cccc(C(=O)NCCN(C)C)c1. The highest BCUT2D eigenvalue weighted by atomic mass is 16.1. The second-order valence-electron chi connectivity index (χ2n) is 5.49. The number of benzene rings is 1. The van der Waals surface area contributed by atoms with Crippen LogP contribution >= 0.6 is 0 Å². The summed E-state index contributed by atoms with van der Waals surface area (Å²) in [6, 6.07) is 11.7. The fraction of sp³-hybridized carbons (Fsp3) is 0.333. The molecule has 0 spiro atoms. The van der Waals surface area contributed by atoms with Gasteiger partial charge in [-0.25, -0.2) is 0 Å². The molecule has 0 radical (unpaired) electrons. The highest BCUT2D eigenvalue weighted by Gasteiger charge is 2.09. The van der Waals surface area contributed by atoms with Crippen molar-refractivity contribution in [1.29, 1.82) is 0 Å². The Morgan fingerprint density at radius 2 is 2.05 bits per heavy atom. The van der Waals surface area contributed by atoms with Gasteiger partial charge in [-0.15, -0.1) is 0 Å². The number of rotatable bonds is 6. The Hall–Kier alpha value is -2.20. The van der Waals surface area contributed by atoms with Gasteiger partial charge in [-0.1, -0.05) is 25.1 Å². The Morgan fingerprint density at radius 3 is 2.77 bits per heavy atom. The maximum absolute atomic E-state index is 12.2. The lowest BCUT2D eigenvalue weighted by atomic mass is 10.0. The molecular formula is C18H23N3O. The van der Waals surface area contributed by atoms with Crippen LogP contribution < -0.4 is 5.32 Å². The van der Waals surface area contributed by atoms with E-state index in [-0.39, 0.29) is 5.91 Å². The molecule has 0 saturated heterocycles. The molecule has 0 atom stereocenters. The van der Waals surface area contributed by atoms with Crippen molar-refractivity contribution in [2.45, 2.75) is 13.3 Å². The van der Waals surface area contributed by atoms with Crippen molar-refractivity contribution in [2.24, 2.45) is 0 Å². The summed E-state index contributed by atoms with van der Waals surface area (Å²) in [5.74, 6) is -0.0364. The number of pyridine rings is 1. The van der Waals surface area contributed by atoms with Gasteiger partial charge in [0.2, 0.25) is 0 Å². The van der Waals surface area contributed by atoms with Gasteiger partial charge in [-0.05, 0) is 44.3 Å². The molecular weight excluding hydrogens is 274 g/mol. The number of aromatic nitrogens is 1. The van der Waals surface area contributed by atoms with Gasteiger partial charge < -0.3 is 10.2 Å². The van der Waals surface area contributed by atoms with Crippen LogP contribution in [0.4, 0.5) is 0 Å². The summed E-state index contributed by atoms with van der Waals surface area (Å²) < 4.78 is 0. The van der Waals surface area contributed by atoms with E-state index in [2.05, 4.69) is 23.3 Å². The molecule has 22 heavy (non-hydrogen) atoms. The molecule has 0 aliphatic rings. The van der Waals surface area contributed by atoms with E-state index in [9.17, 15) is 4.79 Å². The Morgan fingerprint density at radius 1 is 1.23 bits per heavy atom. The number of hydrogen-bond donors (Lipinski definition) is 1. The van der Waals surface area contributed by atoms with E-state index in [1.165, 1.54) is 0 Å². The molecule has 0 saturated carbocycles. The zero-order chi connectivity index (χ0) is 15.9. The van der Waals surface area contributed by atoms with Crippen molar-refractivity contribution < 1.29 is 4.79 Å². The van der Waals surface area contributed by atoms with Crippen LogP contribution in [-0.2, 0) is 6.42 Å². The fourth-order valence-corrected chi connectivity index (χ4v) is 2.31. The van der Waals surface area contributed by atoms with Crippen molar-refractivity contribution in [2.75, 3.05) is 27.2 Å². The highest BCUT2D eigenvalue weighted by Crippen LogP contribution is 2.23. The summed E-state index contributed by atoms with van der Waals surface area (Å²) in [5.41, 5.74) is 3.85. The van der Waals surface area contributed by atoms with Crippen LogP contribution in [0, 0.1) is 0 Å². The van der Waals surface area contributed by atoms with Gasteiger partial charge in [0.1, 0.15) is 0 Å². The largest absolute Gasteiger partial charge is 0.351 e. The molecule has 0 bridgehead atoms. The summed E-state index contributed by atoms with van der Waals surface area (Å²) in [4.78, 5) is 18.7. The minimum atomic E-state index is -0.0364. The third kappa shape index (κ3) is 4.15. The molecule has 4 nitrogen and oxygen atoms in total. The summed E-state index contributed by atoms with van der Waals surface area (Å²) in [7, 11) is 3.98. The molecule has 2 rings (SSSR count). The Bertz CT molecular complexity index is 638. The molecule has 1 heterocycles. The van der Waals surface area contributed by atoms with Gasteiger partial charge in [0.05, 0.1) is 0 Å². The Labute approximate surface area is 132 Å². The third-order valence-corrected chi connectivity index (χ3v) is 3.51. The van der Waals surface area contributed by atoms with Crippen molar-refractivity contribution in [3.8, 4) is 11.1 Å². The second kappa shape index (κ2) is 7.71. The van der Waals surface area contributed by atoms with Crippen LogP contribution in [0.1, 0.15) is 23.0 Å². The standard InChI is InChI=1S/C18H23N3O/c1-4-17-16(9-6-10-19-17)14-7-5-8-15(13-14)18(22)20-11-12-21(2)3/h5-10,13H,4,11-12H2,1-3H3,(H,20,22). The van der Waals surface area contributed by atoms with E-state index >= 15 is 0 Å². The predicted octanol–water partition coefficient (Wildman–Crippen LogP) is 2.60. The zero-order valence-electron chi connectivity index (χ0n) is 13.5. The lowest BCUT2D eigenvalue weighted by molar-refractivity contribution is 0.0951. The van der Waals surface area contributed by atoms with E-state index < -0.39 is 0 Å². The number of carbonyl (C=O) groups excluding carboxylic acids is 1. The van der Waals surface area contributed by atoms with Crippen molar-refractivity contribution in [3.63, 3.8) is 0 Å². The van der Waals surface area contributed by atoms with Crippen LogP contribution in [-0.4, -0.2) is 43.0 Å². The number of aryl methyl sites for hydroxylation is 1. The van der Waals surface area contributed by atoms with Gasteiger partial charge in [0.15, 0.2) is 0 Å². The lowest BCUT2D eigenvalue weighted by Crippen LogP contribution is -2.31. The number of likely N-dealkylation sites (N-methyl/N-ethyl adjacent to an activating group) is 1. The Kier molecular flexibility index (Phi) is 5.67. The first-order chi connectivity index (χ1) is 10.6. The molecule has 0 unspecified atom stereocenters. The summed E-state index contributed by atoms with van der Waals surface area (Å²) >= 11 is 0. The van der Waals surface area contributed by atoms with Crippen LogP contribution in [0.2, 0.25) is 0 Å². The smallest absolute Gasteiger partial charge is 0.251 e. The fourth-order valence-electron chi connectivity index (χ4n) is 2.31. The number of carbonyl (C=O) groups is 1. The average Bonchev–Trinajstić information content (AvgIpc) is 2.54. The number of amides is 1. The zero-order valence-corrected chi connectivity index (χ0v) is 13.5. The first kappa shape index (κ1) is 16.2. The summed E-state index contributed by atoms with van der Waals surface area (Å²) in [6.07, 6.45) is 2.68. The van der Waals surface area contributed by atoms with Crippen LogP contribution in [0.3, 0.4) is 0 Å². The van der Waals surface area contributed by atoms with Crippen molar-refractivity contribution in [3.05, 3.63) is 53.9 Å².